The molecular weight excluding hydrogens is 387 g/mol. The van der Waals surface area contributed by atoms with Gasteiger partial charge in [-0.15, -0.1) is 0 Å². The van der Waals surface area contributed by atoms with Crippen molar-refractivity contribution in [3.05, 3.63) is 52.8 Å². The first kappa shape index (κ1) is 19.8. The van der Waals surface area contributed by atoms with Crippen LogP contribution in [0.1, 0.15) is 26.7 Å². The van der Waals surface area contributed by atoms with Gasteiger partial charge in [0.25, 0.3) is 5.91 Å². The predicted octanol–water partition coefficient (Wildman–Crippen LogP) is 4.62. The zero-order valence-electron chi connectivity index (χ0n) is 15.3. The van der Waals surface area contributed by atoms with Gasteiger partial charge in [-0.25, -0.2) is 0 Å². The van der Waals surface area contributed by atoms with Crippen molar-refractivity contribution in [2.24, 2.45) is 0 Å². The van der Waals surface area contributed by atoms with Gasteiger partial charge in [-0.1, -0.05) is 23.2 Å². The van der Waals surface area contributed by atoms with Gasteiger partial charge >= 0.3 is 0 Å². The highest BCUT2D eigenvalue weighted by Crippen LogP contribution is 2.27. The number of hydrogen-bond acceptors (Lipinski definition) is 4. The van der Waals surface area contributed by atoms with Crippen molar-refractivity contribution in [1.29, 1.82) is 0 Å². The van der Waals surface area contributed by atoms with Crippen LogP contribution in [0.5, 0.6) is 11.5 Å². The van der Waals surface area contributed by atoms with E-state index in [0.29, 0.717) is 34.6 Å². The molecule has 0 bridgehead atoms. The molecule has 1 aliphatic rings. The highest BCUT2D eigenvalue weighted by atomic mass is 35.5. The maximum absolute atomic E-state index is 13.0. The van der Waals surface area contributed by atoms with E-state index in [4.69, 9.17) is 32.7 Å². The summed E-state index contributed by atoms with van der Waals surface area (Å²) in [4.78, 5) is 18.8. The normalized spacial score (nSPS) is 17.5. The van der Waals surface area contributed by atoms with Crippen molar-refractivity contribution in [3.63, 3.8) is 0 Å². The van der Waals surface area contributed by atoms with E-state index in [0.717, 1.165) is 12.8 Å². The van der Waals surface area contributed by atoms with E-state index >= 15 is 0 Å². The number of nitrogens with zero attached hydrogens (tertiary/aromatic N) is 2. The number of carbonyl (C=O) groups is 1. The number of amides is 1. The molecule has 1 fully saturated rings. The van der Waals surface area contributed by atoms with Gasteiger partial charge in [0.1, 0.15) is 22.6 Å². The molecule has 1 unspecified atom stereocenters. The second-order valence-corrected chi connectivity index (χ2v) is 7.85. The summed E-state index contributed by atoms with van der Waals surface area (Å²) in [6, 6.07) is 8.72. The summed E-state index contributed by atoms with van der Waals surface area (Å²) in [7, 11) is 0. The third-order valence-electron chi connectivity index (χ3n) is 4.40. The standard InChI is InChI=1S/C20H22Cl2N2O3/c1-20(2,27-15-7-5-14(21)6-8-15)19(25)24-11-3-4-16(13-24)26-18-9-10-23-12-17(18)22/h5-10,12,16H,3-4,11,13H2,1-2H3. The van der Waals surface area contributed by atoms with Crippen molar-refractivity contribution in [2.75, 3.05) is 13.1 Å². The first-order chi connectivity index (χ1) is 12.8. The third-order valence-corrected chi connectivity index (χ3v) is 4.93. The number of likely N-dealkylation sites (tertiary alicyclic amines) is 1. The number of halogens is 2. The molecule has 1 aromatic carbocycles. The molecule has 0 saturated carbocycles. The Hall–Kier alpha value is -1.98. The van der Waals surface area contributed by atoms with Crippen LogP contribution >= 0.6 is 23.2 Å². The van der Waals surface area contributed by atoms with Gasteiger partial charge in [-0.3, -0.25) is 9.78 Å². The fourth-order valence-electron chi connectivity index (χ4n) is 3.08. The Morgan fingerprint density at radius 2 is 1.96 bits per heavy atom. The maximum atomic E-state index is 13.0. The first-order valence-electron chi connectivity index (χ1n) is 8.85. The van der Waals surface area contributed by atoms with Crippen LogP contribution in [-0.2, 0) is 4.79 Å². The molecule has 2 aromatic rings. The molecule has 0 N–H and O–H groups in total. The number of benzene rings is 1. The second-order valence-electron chi connectivity index (χ2n) is 7.01. The Morgan fingerprint density at radius 3 is 2.67 bits per heavy atom. The minimum absolute atomic E-state index is 0.0772. The summed E-state index contributed by atoms with van der Waals surface area (Å²) < 4.78 is 11.9. The van der Waals surface area contributed by atoms with Crippen molar-refractivity contribution in [2.45, 2.75) is 38.4 Å². The van der Waals surface area contributed by atoms with Crippen LogP contribution in [-0.4, -0.2) is 40.6 Å². The quantitative estimate of drug-likeness (QED) is 0.724. The van der Waals surface area contributed by atoms with E-state index in [1.54, 1.807) is 61.5 Å². The van der Waals surface area contributed by atoms with Gasteiger partial charge in [0, 0.05) is 30.0 Å². The molecule has 2 heterocycles. The number of piperidine rings is 1. The molecular formula is C20H22Cl2N2O3. The molecule has 7 heteroatoms. The molecule has 1 amide bonds. The number of hydrogen-bond donors (Lipinski definition) is 0. The van der Waals surface area contributed by atoms with Crippen molar-refractivity contribution in [1.82, 2.24) is 9.88 Å². The van der Waals surface area contributed by atoms with Gasteiger partial charge in [-0.05, 0) is 51.0 Å². The summed E-state index contributed by atoms with van der Waals surface area (Å²) in [5, 5.41) is 1.09. The lowest BCUT2D eigenvalue weighted by Gasteiger charge is -2.37. The predicted molar refractivity (Wildman–Crippen MR) is 106 cm³/mol. The summed E-state index contributed by atoms with van der Waals surface area (Å²) in [5.74, 6) is 1.11. The van der Waals surface area contributed by atoms with Crippen molar-refractivity contribution < 1.29 is 14.3 Å². The average Bonchev–Trinajstić information content (AvgIpc) is 2.65. The van der Waals surface area contributed by atoms with Gasteiger partial charge in [-0.2, -0.15) is 0 Å². The van der Waals surface area contributed by atoms with Crippen LogP contribution in [0.4, 0.5) is 0 Å². The van der Waals surface area contributed by atoms with Crippen LogP contribution in [0.15, 0.2) is 42.7 Å². The Balaban J connectivity index is 1.64. The van der Waals surface area contributed by atoms with E-state index in [2.05, 4.69) is 4.98 Å². The third kappa shape index (κ3) is 5.05. The molecule has 1 aromatic heterocycles. The minimum atomic E-state index is -0.996. The molecule has 1 saturated heterocycles. The van der Waals surface area contributed by atoms with Crippen molar-refractivity contribution in [3.8, 4) is 11.5 Å². The monoisotopic (exact) mass is 408 g/mol. The Kier molecular flexibility index (Phi) is 6.12. The first-order valence-corrected chi connectivity index (χ1v) is 9.61. The molecule has 0 aliphatic carbocycles. The van der Waals surface area contributed by atoms with Crippen LogP contribution in [0.2, 0.25) is 10.0 Å². The fourth-order valence-corrected chi connectivity index (χ4v) is 3.37. The van der Waals surface area contributed by atoms with Crippen LogP contribution < -0.4 is 9.47 Å². The molecule has 1 aliphatic heterocycles. The van der Waals surface area contributed by atoms with E-state index in [1.165, 1.54) is 0 Å². The number of rotatable bonds is 5. The van der Waals surface area contributed by atoms with Gasteiger partial charge < -0.3 is 14.4 Å². The summed E-state index contributed by atoms with van der Waals surface area (Å²) in [6.45, 7) is 4.71. The van der Waals surface area contributed by atoms with Gasteiger partial charge in [0.05, 0.1) is 6.54 Å². The lowest BCUT2D eigenvalue weighted by atomic mass is 10.0. The smallest absolute Gasteiger partial charge is 0.266 e. The maximum Gasteiger partial charge on any atom is 0.266 e. The highest BCUT2D eigenvalue weighted by molar-refractivity contribution is 6.31. The van der Waals surface area contributed by atoms with Gasteiger partial charge in [0.15, 0.2) is 5.60 Å². The largest absolute Gasteiger partial charge is 0.487 e. The number of ether oxygens (including phenoxy) is 2. The number of pyridine rings is 1. The van der Waals surface area contributed by atoms with Gasteiger partial charge in [0.2, 0.25) is 0 Å². The summed E-state index contributed by atoms with van der Waals surface area (Å²) >= 11 is 12.0. The summed E-state index contributed by atoms with van der Waals surface area (Å²) in [6.07, 6.45) is 4.78. The molecule has 144 valence electrons. The molecule has 1 atom stereocenters. The Morgan fingerprint density at radius 1 is 1.22 bits per heavy atom. The fraction of sp³-hybridized carbons (Fsp3) is 0.400. The highest BCUT2D eigenvalue weighted by Gasteiger charge is 2.37. The minimum Gasteiger partial charge on any atom is -0.487 e. The number of aromatic nitrogens is 1. The average molecular weight is 409 g/mol. The Bertz CT molecular complexity index is 796. The van der Waals surface area contributed by atoms with E-state index in [9.17, 15) is 4.79 Å². The molecule has 0 radical (unpaired) electrons. The number of carbonyl (C=O) groups excluding carboxylic acids is 1. The van der Waals surface area contributed by atoms with Crippen LogP contribution in [0.3, 0.4) is 0 Å². The lowest BCUT2D eigenvalue weighted by Crippen LogP contribution is -2.53. The molecule has 5 nitrogen and oxygen atoms in total. The topological polar surface area (TPSA) is 51.7 Å². The summed E-state index contributed by atoms with van der Waals surface area (Å²) in [5.41, 5.74) is -0.996. The zero-order chi connectivity index (χ0) is 19.4. The van der Waals surface area contributed by atoms with Crippen molar-refractivity contribution >= 4 is 29.1 Å². The Labute approximate surface area is 169 Å². The second kappa shape index (κ2) is 8.36. The zero-order valence-corrected chi connectivity index (χ0v) is 16.8. The van der Waals surface area contributed by atoms with Crippen LogP contribution in [0, 0.1) is 0 Å². The van der Waals surface area contributed by atoms with E-state index in [1.807, 2.05) is 0 Å². The van der Waals surface area contributed by atoms with E-state index in [-0.39, 0.29) is 12.0 Å². The molecule has 3 rings (SSSR count). The SMILES string of the molecule is CC(C)(Oc1ccc(Cl)cc1)C(=O)N1CCCC(Oc2ccncc2Cl)C1. The lowest BCUT2D eigenvalue weighted by molar-refractivity contribution is -0.148. The van der Waals surface area contributed by atoms with Crippen LogP contribution in [0.25, 0.3) is 0 Å². The molecule has 27 heavy (non-hydrogen) atoms. The molecule has 0 spiro atoms. The van der Waals surface area contributed by atoms with E-state index < -0.39 is 5.60 Å².